The maximum atomic E-state index is 5.60. The summed E-state index contributed by atoms with van der Waals surface area (Å²) in [4.78, 5) is 11.9. The van der Waals surface area contributed by atoms with E-state index >= 15 is 0 Å². The van der Waals surface area contributed by atoms with Crippen molar-refractivity contribution in [3.8, 4) is 17.8 Å². The Labute approximate surface area is 124 Å². The topological polar surface area (TPSA) is 83.2 Å². The Bertz CT molecular complexity index is 587. The molecular weight excluding hydrogens is 268 g/mol. The van der Waals surface area contributed by atoms with Gasteiger partial charge < -0.3 is 15.2 Å². The quantitative estimate of drug-likeness (QED) is 0.879. The van der Waals surface area contributed by atoms with Crippen molar-refractivity contribution in [2.24, 2.45) is 0 Å². The molecule has 1 unspecified atom stereocenters. The average molecular weight is 288 g/mol. The molecule has 0 aliphatic rings. The normalized spacial score (nSPS) is 12.0. The van der Waals surface area contributed by atoms with E-state index in [0.717, 1.165) is 6.42 Å². The third-order valence-electron chi connectivity index (χ3n) is 3.16. The Kier molecular flexibility index (Phi) is 4.92. The van der Waals surface area contributed by atoms with Crippen LogP contribution in [0.4, 0.5) is 5.95 Å². The second-order valence-corrected chi connectivity index (χ2v) is 4.67. The molecule has 1 heterocycles. The molecule has 1 aromatic carbocycles. The summed E-state index contributed by atoms with van der Waals surface area (Å²) in [7, 11) is 0. The minimum atomic E-state index is 0.0691. The van der Waals surface area contributed by atoms with Gasteiger partial charge in [-0.15, -0.1) is 4.98 Å². The molecule has 2 rings (SSSR count). The molecule has 112 valence electrons. The molecule has 0 saturated carbocycles. The molecule has 0 aliphatic carbocycles. The van der Waals surface area contributed by atoms with Crippen LogP contribution in [-0.2, 0) is 0 Å². The van der Waals surface area contributed by atoms with Crippen molar-refractivity contribution in [3.05, 3.63) is 29.8 Å². The number of nitrogens with zero attached hydrogens (tertiary/aromatic N) is 3. The van der Waals surface area contributed by atoms with Crippen molar-refractivity contribution >= 4 is 5.95 Å². The minimum absolute atomic E-state index is 0.0691. The zero-order valence-corrected chi connectivity index (χ0v) is 12.5. The molecular formula is C15H20N4O2. The number of nitrogens with two attached hydrogens (primary N) is 1. The van der Waals surface area contributed by atoms with Gasteiger partial charge in [-0.1, -0.05) is 26.0 Å². The Hall–Kier alpha value is -2.37. The van der Waals surface area contributed by atoms with Gasteiger partial charge in [-0.05, 0) is 37.0 Å². The number of ether oxygens (including phenoxy) is 2. The first kappa shape index (κ1) is 15.0. The molecule has 0 aliphatic heterocycles. The van der Waals surface area contributed by atoms with E-state index in [4.69, 9.17) is 15.2 Å². The fourth-order valence-electron chi connectivity index (χ4n) is 1.80. The van der Waals surface area contributed by atoms with E-state index in [-0.39, 0.29) is 18.0 Å². The van der Waals surface area contributed by atoms with Crippen LogP contribution in [0.15, 0.2) is 24.3 Å². The van der Waals surface area contributed by atoms with Crippen molar-refractivity contribution in [3.63, 3.8) is 0 Å². The fraction of sp³-hybridized carbons (Fsp3) is 0.400. The monoisotopic (exact) mass is 288 g/mol. The van der Waals surface area contributed by atoms with Gasteiger partial charge in [0.1, 0.15) is 5.75 Å². The highest BCUT2D eigenvalue weighted by Gasteiger charge is 2.08. The van der Waals surface area contributed by atoms with Gasteiger partial charge in [0, 0.05) is 0 Å². The molecule has 1 atom stereocenters. The van der Waals surface area contributed by atoms with Crippen LogP contribution >= 0.6 is 0 Å². The van der Waals surface area contributed by atoms with Crippen LogP contribution < -0.4 is 15.2 Å². The Balaban J connectivity index is 2.14. The number of nitrogen functional groups attached to an aromatic ring is 1. The van der Waals surface area contributed by atoms with E-state index in [9.17, 15) is 0 Å². The van der Waals surface area contributed by atoms with Crippen LogP contribution in [0, 0.1) is 0 Å². The summed E-state index contributed by atoms with van der Waals surface area (Å²) in [6, 6.07) is 8.15. The highest BCUT2D eigenvalue weighted by molar-refractivity contribution is 5.31. The first-order valence-electron chi connectivity index (χ1n) is 7.04. The van der Waals surface area contributed by atoms with Crippen molar-refractivity contribution in [1.29, 1.82) is 0 Å². The lowest BCUT2D eigenvalue weighted by molar-refractivity contribution is 0.304. The van der Waals surface area contributed by atoms with E-state index in [1.165, 1.54) is 5.56 Å². The van der Waals surface area contributed by atoms with Gasteiger partial charge in [-0.25, -0.2) is 0 Å². The smallest absolute Gasteiger partial charge is 0.330 e. The van der Waals surface area contributed by atoms with Crippen LogP contribution in [-0.4, -0.2) is 21.6 Å². The van der Waals surface area contributed by atoms with Crippen molar-refractivity contribution in [2.75, 3.05) is 12.3 Å². The summed E-state index contributed by atoms with van der Waals surface area (Å²) < 4.78 is 10.8. The summed E-state index contributed by atoms with van der Waals surface area (Å²) in [5.74, 6) is 1.24. The number of rotatable bonds is 6. The van der Waals surface area contributed by atoms with Crippen LogP contribution in [0.3, 0.4) is 0 Å². The van der Waals surface area contributed by atoms with Gasteiger partial charge in [0.25, 0.3) is 0 Å². The molecule has 0 saturated heterocycles. The molecule has 1 aromatic heterocycles. The first-order valence-corrected chi connectivity index (χ1v) is 7.04. The summed E-state index contributed by atoms with van der Waals surface area (Å²) >= 11 is 0. The average Bonchev–Trinajstić information content (AvgIpc) is 2.47. The van der Waals surface area contributed by atoms with E-state index in [0.29, 0.717) is 18.3 Å². The van der Waals surface area contributed by atoms with Gasteiger partial charge in [-0.3, -0.25) is 0 Å². The Morgan fingerprint density at radius 3 is 2.33 bits per heavy atom. The van der Waals surface area contributed by atoms with Crippen LogP contribution in [0.1, 0.15) is 38.7 Å². The standard InChI is InChI=1S/C15H20N4O2/c1-4-10(3)11-6-8-12(9-7-11)21-15-18-13(16)17-14(19-15)20-5-2/h6-10H,4-5H2,1-3H3,(H2,16,17,18,19). The highest BCUT2D eigenvalue weighted by Crippen LogP contribution is 2.24. The van der Waals surface area contributed by atoms with E-state index in [1.807, 2.05) is 31.2 Å². The molecule has 0 spiro atoms. The Morgan fingerprint density at radius 1 is 1.05 bits per heavy atom. The lowest BCUT2D eigenvalue weighted by Gasteiger charge is -2.10. The second kappa shape index (κ2) is 6.88. The summed E-state index contributed by atoms with van der Waals surface area (Å²) in [5.41, 5.74) is 6.88. The van der Waals surface area contributed by atoms with Gasteiger partial charge >= 0.3 is 12.0 Å². The predicted octanol–water partition coefficient (Wildman–Crippen LogP) is 3.16. The molecule has 6 heteroatoms. The van der Waals surface area contributed by atoms with Crippen molar-refractivity contribution in [2.45, 2.75) is 33.1 Å². The molecule has 0 bridgehead atoms. The number of hydrogen-bond donors (Lipinski definition) is 1. The summed E-state index contributed by atoms with van der Waals surface area (Å²) in [6.07, 6.45) is 1.10. The lowest BCUT2D eigenvalue weighted by atomic mass is 9.99. The molecule has 6 nitrogen and oxygen atoms in total. The fourth-order valence-corrected chi connectivity index (χ4v) is 1.80. The van der Waals surface area contributed by atoms with Crippen molar-refractivity contribution in [1.82, 2.24) is 15.0 Å². The number of aromatic nitrogens is 3. The molecule has 0 fully saturated rings. The zero-order valence-electron chi connectivity index (χ0n) is 12.5. The maximum Gasteiger partial charge on any atom is 0.330 e. The number of anilines is 1. The predicted molar refractivity (Wildman–Crippen MR) is 80.6 cm³/mol. The molecule has 2 aromatic rings. The highest BCUT2D eigenvalue weighted by atomic mass is 16.5. The van der Waals surface area contributed by atoms with E-state index < -0.39 is 0 Å². The largest absolute Gasteiger partial charge is 0.464 e. The van der Waals surface area contributed by atoms with Crippen molar-refractivity contribution < 1.29 is 9.47 Å². The third-order valence-corrected chi connectivity index (χ3v) is 3.16. The van der Waals surface area contributed by atoms with E-state index in [2.05, 4.69) is 28.8 Å². The van der Waals surface area contributed by atoms with Crippen LogP contribution in [0.25, 0.3) is 0 Å². The van der Waals surface area contributed by atoms with Gasteiger partial charge in [-0.2, -0.15) is 9.97 Å². The molecule has 0 amide bonds. The molecule has 2 N–H and O–H groups in total. The first-order chi connectivity index (χ1) is 10.1. The molecule has 21 heavy (non-hydrogen) atoms. The minimum Gasteiger partial charge on any atom is -0.464 e. The van der Waals surface area contributed by atoms with Gasteiger partial charge in [0.05, 0.1) is 6.61 Å². The summed E-state index contributed by atoms with van der Waals surface area (Å²) in [6.45, 7) is 6.65. The number of hydrogen-bond acceptors (Lipinski definition) is 6. The zero-order chi connectivity index (χ0) is 15.2. The SMILES string of the molecule is CCOc1nc(N)nc(Oc2ccc(C(C)CC)cc2)n1. The molecule has 0 radical (unpaired) electrons. The Morgan fingerprint density at radius 2 is 1.71 bits per heavy atom. The van der Waals surface area contributed by atoms with Gasteiger partial charge in [0.2, 0.25) is 5.95 Å². The van der Waals surface area contributed by atoms with Crippen LogP contribution in [0.2, 0.25) is 0 Å². The maximum absolute atomic E-state index is 5.60. The van der Waals surface area contributed by atoms with E-state index in [1.54, 1.807) is 0 Å². The third kappa shape index (κ3) is 4.05. The second-order valence-electron chi connectivity index (χ2n) is 4.67. The van der Waals surface area contributed by atoms with Gasteiger partial charge in [0.15, 0.2) is 0 Å². The summed E-state index contributed by atoms with van der Waals surface area (Å²) in [5, 5.41) is 0. The number of benzene rings is 1. The lowest BCUT2D eigenvalue weighted by Crippen LogP contribution is -2.04. The van der Waals surface area contributed by atoms with Crippen LogP contribution in [0.5, 0.6) is 17.8 Å².